The Morgan fingerprint density at radius 3 is 2.83 bits per heavy atom. The second-order valence-electron chi connectivity index (χ2n) is 3.62. The third-order valence-corrected chi connectivity index (χ3v) is 2.33. The summed E-state index contributed by atoms with van der Waals surface area (Å²) >= 11 is 0. The number of hydrogen-bond acceptors (Lipinski definition) is 5. The monoisotopic (exact) mass is 252 g/mol. The van der Waals surface area contributed by atoms with Crippen LogP contribution in [0.3, 0.4) is 0 Å². The number of esters is 1. The first-order valence-electron chi connectivity index (χ1n) is 5.73. The van der Waals surface area contributed by atoms with E-state index in [2.05, 4.69) is 5.32 Å². The normalized spacial score (nSPS) is 10.1. The lowest BCUT2D eigenvalue weighted by molar-refractivity contribution is -0.385. The molecule has 0 aliphatic rings. The lowest BCUT2D eigenvalue weighted by Gasteiger charge is -2.05. The van der Waals surface area contributed by atoms with Gasteiger partial charge in [-0.1, -0.05) is 18.2 Å². The molecule has 0 fully saturated rings. The fourth-order valence-electron chi connectivity index (χ4n) is 1.53. The average molecular weight is 252 g/mol. The Balaban J connectivity index is 2.40. The fourth-order valence-corrected chi connectivity index (χ4v) is 1.53. The van der Waals surface area contributed by atoms with E-state index in [4.69, 9.17) is 4.74 Å². The van der Waals surface area contributed by atoms with Gasteiger partial charge in [0.05, 0.1) is 18.1 Å². The van der Waals surface area contributed by atoms with Crippen LogP contribution in [0.4, 0.5) is 5.69 Å². The van der Waals surface area contributed by atoms with E-state index in [0.29, 0.717) is 25.1 Å². The van der Waals surface area contributed by atoms with Gasteiger partial charge >= 0.3 is 5.97 Å². The first kappa shape index (κ1) is 14.1. The molecule has 0 heterocycles. The van der Waals surface area contributed by atoms with Crippen molar-refractivity contribution in [1.29, 1.82) is 0 Å². The molecule has 98 valence electrons. The lowest BCUT2D eigenvalue weighted by atomic mass is 10.1. The van der Waals surface area contributed by atoms with Crippen molar-refractivity contribution in [2.45, 2.75) is 13.3 Å². The molecule has 0 spiro atoms. The molecule has 0 radical (unpaired) electrons. The number of ether oxygens (including phenoxy) is 1. The molecule has 0 aliphatic carbocycles. The van der Waals surface area contributed by atoms with Gasteiger partial charge in [-0.2, -0.15) is 0 Å². The van der Waals surface area contributed by atoms with Crippen LogP contribution in [-0.4, -0.2) is 30.6 Å². The van der Waals surface area contributed by atoms with Crippen LogP contribution >= 0.6 is 0 Å². The van der Waals surface area contributed by atoms with Gasteiger partial charge in [0.1, 0.15) is 0 Å². The van der Waals surface area contributed by atoms with Crippen LogP contribution in [0, 0.1) is 10.1 Å². The third kappa shape index (κ3) is 4.50. The number of benzene rings is 1. The minimum absolute atomic E-state index is 0.107. The Morgan fingerprint density at radius 1 is 1.44 bits per heavy atom. The zero-order chi connectivity index (χ0) is 13.4. The van der Waals surface area contributed by atoms with Gasteiger partial charge in [-0.05, 0) is 19.9 Å². The van der Waals surface area contributed by atoms with Crippen LogP contribution in [-0.2, 0) is 16.0 Å². The molecule has 1 aromatic rings. The zero-order valence-corrected chi connectivity index (χ0v) is 10.2. The number of rotatable bonds is 7. The maximum Gasteiger partial charge on any atom is 0.319 e. The highest BCUT2D eigenvalue weighted by atomic mass is 16.6. The Labute approximate surface area is 105 Å². The van der Waals surface area contributed by atoms with Crippen LogP contribution in [0.25, 0.3) is 0 Å². The fraction of sp³-hybridized carbons (Fsp3) is 0.417. The summed E-state index contributed by atoms with van der Waals surface area (Å²) < 4.78 is 4.75. The second-order valence-corrected chi connectivity index (χ2v) is 3.62. The number of carbonyl (C=O) groups is 1. The molecule has 6 heteroatoms. The second kappa shape index (κ2) is 7.39. The highest BCUT2D eigenvalue weighted by Gasteiger charge is 2.11. The van der Waals surface area contributed by atoms with Gasteiger partial charge in [0, 0.05) is 11.6 Å². The quantitative estimate of drug-likeness (QED) is 0.342. The minimum Gasteiger partial charge on any atom is -0.465 e. The summed E-state index contributed by atoms with van der Waals surface area (Å²) in [6, 6.07) is 6.58. The number of para-hydroxylation sites is 1. The molecule has 0 unspecified atom stereocenters. The van der Waals surface area contributed by atoms with Crippen molar-refractivity contribution in [2.75, 3.05) is 19.7 Å². The number of nitro benzene ring substituents is 1. The molecule has 1 rings (SSSR count). The van der Waals surface area contributed by atoms with Crippen LogP contribution in [0.5, 0.6) is 0 Å². The SMILES string of the molecule is CCOC(=O)CNCCc1ccccc1[N+](=O)[O-]. The third-order valence-electron chi connectivity index (χ3n) is 2.33. The zero-order valence-electron chi connectivity index (χ0n) is 10.2. The molecule has 1 N–H and O–H groups in total. The van der Waals surface area contributed by atoms with Crippen molar-refractivity contribution in [3.8, 4) is 0 Å². The van der Waals surface area contributed by atoms with E-state index >= 15 is 0 Å². The lowest BCUT2D eigenvalue weighted by Crippen LogP contribution is -2.26. The first-order chi connectivity index (χ1) is 8.65. The van der Waals surface area contributed by atoms with Gasteiger partial charge in [0.25, 0.3) is 5.69 Å². The molecule has 6 nitrogen and oxygen atoms in total. The maximum atomic E-state index is 11.0. The van der Waals surface area contributed by atoms with Gasteiger partial charge in [-0.25, -0.2) is 0 Å². The van der Waals surface area contributed by atoms with Gasteiger partial charge in [-0.3, -0.25) is 14.9 Å². The summed E-state index contributed by atoms with van der Waals surface area (Å²) in [4.78, 5) is 21.4. The highest BCUT2D eigenvalue weighted by molar-refractivity contribution is 5.71. The van der Waals surface area contributed by atoms with E-state index in [-0.39, 0.29) is 18.2 Å². The van der Waals surface area contributed by atoms with Crippen molar-refractivity contribution in [3.05, 3.63) is 39.9 Å². The molecule has 1 aromatic carbocycles. The molecule has 0 saturated heterocycles. The van der Waals surface area contributed by atoms with Gasteiger partial charge in [0.2, 0.25) is 0 Å². The Hall–Kier alpha value is -1.95. The van der Waals surface area contributed by atoms with Gasteiger partial charge < -0.3 is 10.1 Å². The molecule has 0 aliphatic heterocycles. The van der Waals surface area contributed by atoms with Crippen molar-refractivity contribution >= 4 is 11.7 Å². The minimum atomic E-state index is -0.402. The van der Waals surface area contributed by atoms with Crippen LogP contribution in [0.15, 0.2) is 24.3 Å². The molecule has 18 heavy (non-hydrogen) atoms. The smallest absolute Gasteiger partial charge is 0.319 e. The van der Waals surface area contributed by atoms with E-state index in [1.165, 1.54) is 6.07 Å². The largest absolute Gasteiger partial charge is 0.465 e. The Kier molecular flexibility index (Phi) is 5.79. The van der Waals surface area contributed by atoms with Crippen LogP contribution in [0.2, 0.25) is 0 Å². The summed E-state index contributed by atoms with van der Waals surface area (Å²) in [6.45, 7) is 2.70. The number of hydrogen-bond donors (Lipinski definition) is 1. The predicted molar refractivity (Wildman–Crippen MR) is 66.3 cm³/mol. The highest BCUT2D eigenvalue weighted by Crippen LogP contribution is 2.17. The molecule has 0 saturated carbocycles. The molecular formula is C12H16N2O4. The summed E-state index contributed by atoms with van der Waals surface area (Å²) in [6.07, 6.45) is 0.497. The molecule has 0 atom stereocenters. The number of nitrogens with zero attached hydrogens (tertiary/aromatic N) is 1. The van der Waals surface area contributed by atoms with Crippen molar-refractivity contribution in [2.24, 2.45) is 0 Å². The van der Waals surface area contributed by atoms with E-state index in [9.17, 15) is 14.9 Å². The molecule has 0 bridgehead atoms. The van der Waals surface area contributed by atoms with E-state index < -0.39 is 4.92 Å². The van der Waals surface area contributed by atoms with Crippen molar-refractivity contribution in [3.63, 3.8) is 0 Å². The Bertz CT molecular complexity index is 420. The summed E-state index contributed by atoms with van der Waals surface area (Å²) in [7, 11) is 0. The van der Waals surface area contributed by atoms with Gasteiger partial charge in [0.15, 0.2) is 0 Å². The number of nitro groups is 1. The number of carbonyl (C=O) groups excluding carboxylic acids is 1. The van der Waals surface area contributed by atoms with E-state index in [0.717, 1.165) is 0 Å². The van der Waals surface area contributed by atoms with Crippen molar-refractivity contribution < 1.29 is 14.5 Å². The molecule has 0 amide bonds. The topological polar surface area (TPSA) is 81.5 Å². The Morgan fingerprint density at radius 2 is 2.17 bits per heavy atom. The van der Waals surface area contributed by atoms with E-state index in [1.807, 2.05) is 0 Å². The number of nitrogens with one attached hydrogen (secondary N) is 1. The van der Waals surface area contributed by atoms with Crippen LogP contribution < -0.4 is 5.32 Å². The molecular weight excluding hydrogens is 236 g/mol. The van der Waals surface area contributed by atoms with Crippen LogP contribution in [0.1, 0.15) is 12.5 Å². The van der Waals surface area contributed by atoms with Gasteiger partial charge in [-0.15, -0.1) is 0 Å². The summed E-state index contributed by atoms with van der Waals surface area (Å²) in [5.74, 6) is -0.319. The van der Waals surface area contributed by atoms with Crippen molar-refractivity contribution in [1.82, 2.24) is 5.32 Å². The standard InChI is InChI=1S/C12H16N2O4/c1-2-18-12(15)9-13-8-7-10-5-3-4-6-11(10)14(16)17/h3-6,13H,2,7-9H2,1H3. The first-order valence-corrected chi connectivity index (χ1v) is 5.73. The summed E-state index contributed by atoms with van der Waals surface area (Å²) in [5, 5.41) is 13.6. The molecule has 0 aromatic heterocycles. The maximum absolute atomic E-state index is 11.0. The predicted octanol–water partition coefficient (Wildman–Crippen LogP) is 1.29. The summed E-state index contributed by atoms with van der Waals surface area (Å²) in [5.41, 5.74) is 0.759. The average Bonchev–Trinajstić information content (AvgIpc) is 2.35. The van der Waals surface area contributed by atoms with E-state index in [1.54, 1.807) is 25.1 Å².